The van der Waals surface area contributed by atoms with Crippen molar-refractivity contribution in [3.05, 3.63) is 59.7 Å². The van der Waals surface area contributed by atoms with Crippen LogP contribution in [0.5, 0.6) is 0 Å². The number of fused-ring (bicyclic) bond motifs is 3. The maximum Gasteiger partial charge on any atom is 0.408 e. The van der Waals surface area contributed by atoms with Gasteiger partial charge in [-0.3, -0.25) is 9.59 Å². The summed E-state index contributed by atoms with van der Waals surface area (Å²) >= 11 is 0. The van der Waals surface area contributed by atoms with E-state index in [0.717, 1.165) is 30.4 Å². The molecular weight excluding hydrogens is 444 g/mol. The molecule has 1 heterocycles. The van der Waals surface area contributed by atoms with Crippen LogP contribution in [0.1, 0.15) is 62.0 Å². The highest BCUT2D eigenvalue weighted by molar-refractivity contribution is 5.90. The average Bonchev–Trinajstić information content (AvgIpc) is 3.45. The number of alkyl carbamates (subject to hydrolysis) is 1. The number of carboxylic acid groups (broad SMARTS) is 1. The third kappa shape index (κ3) is 4.64. The number of carbonyl (C=O) groups excluding carboxylic acids is 2. The van der Waals surface area contributed by atoms with Crippen molar-refractivity contribution in [1.29, 1.82) is 0 Å². The van der Waals surface area contributed by atoms with E-state index in [-0.39, 0.29) is 30.8 Å². The van der Waals surface area contributed by atoms with Gasteiger partial charge in [-0.25, -0.2) is 4.79 Å². The van der Waals surface area contributed by atoms with Gasteiger partial charge in [0.1, 0.15) is 12.1 Å². The van der Waals surface area contributed by atoms with Gasteiger partial charge in [-0.2, -0.15) is 0 Å². The van der Waals surface area contributed by atoms with Gasteiger partial charge < -0.3 is 20.1 Å². The fraction of sp³-hybridized carbons (Fsp3) is 0.464. The summed E-state index contributed by atoms with van der Waals surface area (Å²) in [5.74, 6) is -1.01. The minimum Gasteiger partial charge on any atom is -0.481 e. The summed E-state index contributed by atoms with van der Waals surface area (Å²) in [5.41, 5.74) is 3.65. The number of carbonyl (C=O) groups is 3. The number of likely N-dealkylation sites (tertiary alicyclic amines) is 1. The summed E-state index contributed by atoms with van der Waals surface area (Å²) in [6, 6.07) is 16.4. The zero-order valence-electron chi connectivity index (χ0n) is 19.9. The molecule has 3 aliphatic rings. The lowest BCUT2D eigenvalue weighted by Gasteiger charge is -2.39. The molecule has 2 N–H and O–H groups in total. The second-order valence-corrected chi connectivity index (χ2v) is 10.1. The number of carboxylic acids is 1. The van der Waals surface area contributed by atoms with Gasteiger partial charge >= 0.3 is 12.1 Å². The molecule has 2 fully saturated rings. The van der Waals surface area contributed by atoms with Gasteiger partial charge in [-0.1, -0.05) is 67.8 Å². The summed E-state index contributed by atoms with van der Waals surface area (Å²) in [6.07, 6.45) is 4.09. The van der Waals surface area contributed by atoms with Crippen LogP contribution in [0.2, 0.25) is 0 Å². The maximum absolute atomic E-state index is 13.6. The predicted octanol–water partition coefficient (Wildman–Crippen LogP) is 4.55. The third-order valence-corrected chi connectivity index (χ3v) is 7.84. The SMILES string of the molecule is O=C(O)CC1CCN(C(=O)C2(NC(=O)OCC3c4ccccc4-c4ccccc43)CCCCC2)C1. The Morgan fingerprint density at radius 2 is 1.60 bits per heavy atom. The summed E-state index contributed by atoms with van der Waals surface area (Å²) < 4.78 is 5.76. The summed E-state index contributed by atoms with van der Waals surface area (Å²) in [5, 5.41) is 12.1. The quantitative estimate of drug-likeness (QED) is 0.638. The van der Waals surface area contributed by atoms with E-state index in [4.69, 9.17) is 9.84 Å². The van der Waals surface area contributed by atoms with Crippen LogP contribution in [0.4, 0.5) is 4.79 Å². The molecule has 0 spiro atoms. The maximum atomic E-state index is 13.6. The van der Waals surface area contributed by atoms with Crippen molar-refractivity contribution in [3.63, 3.8) is 0 Å². The fourth-order valence-electron chi connectivity index (χ4n) is 6.11. The molecule has 1 saturated heterocycles. The van der Waals surface area contributed by atoms with Gasteiger partial charge in [0.2, 0.25) is 5.91 Å². The van der Waals surface area contributed by atoms with E-state index in [1.54, 1.807) is 4.90 Å². The molecule has 1 atom stereocenters. The number of nitrogens with zero attached hydrogens (tertiary/aromatic N) is 1. The number of hydrogen-bond donors (Lipinski definition) is 2. The first-order valence-corrected chi connectivity index (χ1v) is 12.6. The fourth-order valence-corrected chi connectivity index (χ4v) is 6.11. The lowest BCUT2D eigenvalue weighted by atomic mass is 9.80. The van der Waals surface area contributed by atoms with E-state index in [2.05, 4.69) is 29.6 Å². The second kappa shape index (κ2) is 9.72. The Morgan fingerprint density at radius 1 is 0.971 bits per heavy atom. The average molecular weight is 477 g/mol. The zero-order chi connectivity index (χ0) is 24.4. The van der Waals surface area contributed by atoms with Crippen molar-refractivity contribution in [2.24, 2.45) is 5.92 Å². The molecule has 184 valence electrons. The van der Waals surface area contributed by atoms with Gasteiger partial charge in [-0.05, 0) is 47.4 Å². The Hall–Kier alpha value is -3.35. The molecule has 2 aliphatic carbocycles. The van der Waals surface area contributed by atoms with E-state index in [1.807, 2.05) is 24.3 Å². The minimum atomic E-state index is -0.973. The number of nitrogens with one attached hydrogen (secondary N) is 1. The van der Waals surface area contributed by atoms with Gasteiger partial charge in [0.15, 0.2) is 0 Å². The smallest absolute Gasteiger partial charge is 0.408 e. The van der Waals surface area contributed by atoms with Crippen LogP contribution in [0.3, 0.4) is 0 Å². The van der Waals surface area contributed by atoms with Gasteiger partial charge in [0.25, 0.3) is 0 Å². The molecule has 1 aliphatic heterocycles. The number of rotatable bonds is 6. The van der Waals surface area contributed by atoms with Crippen molar-refractivity contribution in [1.82, 2.24) is 10.2 Å². The highest BCUT2D eigenvalue weighted by Crippen LogP contribution is 2.44. The van der Waals surface area contributed by atoms with Crippen molar-refractivity contribution in [3.8, 4) is 11.1 Å². The first kappa shape index (κ1) is 23.4. The molecule has 2 aromatic rings. The molecular formula is C28H32N2O5. The number of aliphatic carboxylic acids is 1. The third-order valence-electron chi connectivity index (χ3n) is 7.84. The summed E-state index contributed by atoms with van der Waals surface area (Å²) in [4.78, 5) is 39.5. The number of ether oxygens (including phenoxy) is 1. The van der Waals surface area contributed by atoms with Crippen molar-refractivity contribution in [2.45, 2.75) is 56.4 Å². The number of benzene rings is 2. The van der Waals surface area contributed by atoms with E-state index in [1.165, 1.54) is 11.1 Å². The van der Waals surface area contributed by atoms with Gasteiger partial charge in [-0.15, -0.1) is 0 Å². The number of hydrogen-bond acceptors (Lipinski definition) is 4. The predicted molar refractivity (Wildman–Crippen MR) is 131 cm³/mol. The first-order chi connectivity index (χ1) is 17.0. The number of amides is 2. The molecule has 0 bridgehead atoms. The molecule has 5 rings (SSSR count). The van der Waals surface area contributed by atoms with Crippen LogP contribution >= 0.6 is 0 Å². The van der Waals surface area contributed by atoms with Crippen LogP contribution < -0.4 is 5.32 Å². The van der Waals surface area contributed by atoms with Crippen molar-refractivity contribution < 1.29 is 24.2 Å². The van der Waals surface area contributed by atoms with Crippen LogP contribution in [0.15, 0.2) is 48.5 Å². The lowest BCUT2D eigenvalue weighted by Crippen LogP contribution is -2.60. The molecule has 7 nitrogen and oxygen atoms in total. The van der Waals surface area contributed by atoms with E-state index in [9.17, 15) is 14.4 Å². The van der Waals surface area contributed by atoms with E-state index < -0.39 is 17.6 Å². The van der Waals surface area contributed by atoms with Gasteiger partial charge in [0.05, 0.1) is 0 Å². The Balaban J connectivity index is 1.27. The minimum absolute atomic E-state index is 0.0356. The largest absolute Gasteiger partial charge is 0.481 e. The van der Waals surface area contributed by atoms with E-state index >= 15 is 0 Å². The summed E-state index contributed by atoms with van der Waals surface area (Å²) in [6.45, 7) is 1.17. The van der Waals surface area contributed by atoms with Crippen molar-refractivity contribution in [2.75, 3.05) is 19.7 Å². The van der Waals surface area contributed by atoms with Crippen LogP contribution in [0, 0.1) is 5.92 Å². The van der Waals surface area contributed by atoms with Crippen LogP contribution in [-0.2, 0) is 14.3 Å². The molecule has 1 saturated carbocycles. The molecule has 1 unspecified atom stereocenters. The monoisotopic (exact) mass is 476 g/mol. The Labute approximate surface area is 205 Å². The Kier molecular flexibility index (Phi) is 6.50. The van der Waals surface area contributed by atoms with Crippen LogP contribution in [-0.4, -0.2) is 53.2 Å². The van der Waals surface area contributed by atoms with Crippen molar-refractivity contribution >= 4 is 18.0 Å². The molecule has 0 radical (unpaired) electrons. The van der Waals surface area contributed by atoms with Gasteiger partial charge in [0, 0.05) is 25.4 Å². The topological polar surface area (TPSA) is 95.9 Å². The molecule has 0 aromatic heterocycles. The summed E-state index contributed by atoms with van der Waals surface area (Å²) in [7, 11) is 0. The Bertz CT molecular complexity index is 1080. The van der Waals surface area contributed by atoms with E-state index in [0.29, 0.717) is 32.4 Å². The zero-order valence-corrected chi connectivity index (χ0v) is 19.9. The second-order valence-electron chi connectivity index (χ2n) is 10.1. The highest BCUT2D eigenvalue weighted by Gasteiger charge is 2.45. The Morgan fingerprint density at radius 3 is 2.23 bits per heavy atom. The standard InChI is InChI=1S/C28H32N2O5/c31-25(32)16-19-12-15-30(17-19)26(33)28(13-6-1-7-14-28)29-27(34)35-18-24-22-10-4-2-8-20(22)21-9-3-5-11-23(21)24/h2-5,8-11,19,24H,1,6-7,12-18H2,(H,29,34)(H,31,32). The molecule has 35 heavy (non-hydrogen) atoms. The first-order valence-electron chi connectivity index (χ1n) is 12.6. The van der Waals surface area contributed by atoms with Crippen LogP contribution in [0.25, 0.3) is 11.1 Å². The molecule has 7 heteroatoms. The normalized spacial score (nSPS) is 20.7. The lowest BCUT2D eigenvalue weighted by molar-refractivity contribution is -0.140. The molecule has 2 aromatic carbocycles. The molecule has 2 amide bonds. The highest BCUT2D eigenvalue weighted by atomic mass is 16.5.